The Kier molecular flexibility index (Phi) is 1.64. The van der Waals surface area contributed by atoms with Gasteiger partial charge in [0.2, 0.25) is 0 Å². The van der Waals surface area contributed by atoms with Crippen LogP contribution in [0.5, 0.6) is 23.0 Å². The lowest BCUT2D eigenvalue weighted by atomic mass is 10.1. The molecule has 0 aliphatic carbocycles. The first-order chi connectivity index (χ1) is 6.59. The van der Waals surface area contributed by atoms with Crippen LogP contribution in [0.3, 0.4) is 0 Å². The Bertz CT molecular complexity index is 505. The third kappa shape index (κ3) is 1.08. The number of aromatic hydroxyl groups is 4. The highest BCUT2D eigenvalue weighted by Crippen LogP contribution is 2.40. The zero-order valence-corrected chi connectivity index (χ0v) is 7.10. The molecule has 2 aromatic carbocycles. The highest BCUT2D eigenvalue weighted by Gasteiger charge is 2.10. The van der Waals surface area contributed by atoms with Crippen molar-refractivity contribution in [3.05, 3.63) is 24.3 Å². The fourth-order valence-electron chi connectivity index (χ4n) is 1.37. The van der Waals surface area contributed by atoms with Crippen LogP contribution >= 0.6 is 0 Å². The van der Waals surface area contributed by atoms with Crippen molar-refractivity contribution >= 4 is 10.8 Å². The summed E-state index contributed by atoms with van der Waals surface area (Å²) in [6.45, 7) is 0. The summed E-state index contributed by atoms with van der Waals surface area (Å²) >= 11 is 0. The molecule has 0 aromatic heterocycles. The van der Waals surface area contributed by atoms with Crippen LogP contribution in [-0.4, -0.2) is 20.4 Å². The standard InChI is InChI=1S/C10H8O4/c11-5-1-2-6-7(3-5)10(14)9(13)4-8(6)12/h1-4,11-14H. The molecule has 2 aromatic rings. The molecule has 0 fully saturated rings. The van der Waals surface area contributed by atoms with E-state index in [0.717, 1.165) is 6.07 Å². The summed E-state index contributed by atoms with van der Waals surface area (Å²) in [6.07, 6.45) is 0. The first-order valence-corrected chi connectivity index (χ1v) is 3.96. The molecular formula is C10H8O4. The van der Waals surface area contributed by atoms with E-state index in [1.807, 2.05) is 0 Å². The lowest BCUT2D eigenvalue weighted by Crippen LogP contribution is -1.77. The summed E-state index contributed by atoms with van der Waals surface area (Å²) < 4.78 is 0. The van der Waals surface area contributed by atoms with E-state index in [0.29, 0.717) is 5.39 Å². The largest absolute Gasteiger partial charge is 0.508 e. The van der Waals surface area contributed by atoms with E-state index in [2.05, 4.69) is 0 Å². The Morgan fingerprint density at radius 3 is 2.14 bits per heavy atom. The van der Waals surface area contributed by atoms with E-state index in [1.165, 1.54) is 18.2 Å². The molecule has 0 heterocycles. The van der Waals surface area contributed by atoms with Crippen LogP contribution in [-0.2, 0) is 0 Å². The maximum atomic E-state index is 9.43. The predicted octanol–water partition coefficient (Wildman–Crippen LogP) is 1.66. The molecule has 0 radical (unpaired) electrons. The van der Waals surface area contributed by atoms with Crippen molar-refractivity contribution < 1.29 is 20.4 Å². The fraction of sp³-hybridized carbons (Fsp3) is 0. The maximum Gasteiger partial charge on any atom is 0.165 e. The number of phenols is 4. The zero-order valence-electron chi connectivity index (χ0n) is 7.10. The van der Waals surface area contributed by atoms with Gasteiger partial charge in [-0.05, 0) is 18.2 Å². The van der Waals surface area contributed by atoms with Crippen molar-refractivity contribution in [1.29, 1.82) is 0 Å². The molecule has 0 atom stereocenters. The van der Waals surface area contributed by atoms with Crippen LogP contribution in [0.4, 0.5) is 0 Å². The van der Waals surface area contributed by atoms with Gasteiger partial charge in [0, 0.05) is 16.8 Å². The molecule has 72 valence electrons. The normalized spacial score (nSPS) is 10.6. The number of hydrogen-bond acceptors (Lipinski definition) is 4. The number of phenolic OH excluding ortho intramolecular Hbond substituents is 4. The van der Waals surface area contributed by atoms with Gasteiger partial charge in [0.05, 0.1) is 0 Å². The van der Waals surface area contributed by atoms with Crippen LogP contribution in [0.15, 0.2) is 24.3 Å². The summed E-state index contributed by atoms with van der Waals surface area (Å²) in [7, 11) is 0. The molecule has 4 heteroatoms. The van der Waals surface area contributed by atoms with Gasteiger partial charge in [-0.2, -0.15) is 0 Å². The van der Waals surface area contributed by atoms with E-state index in [9.17, 15) is 15.3 Å². The Morgan fingerprint density at radius 1 is 0.714 bits per heavy atom. The van der Waals surface area contributed by atoms with Crippen LogP contribution in [0, 0.1) is 0 Å². The van der Waals surface area contributed by atoms with Gasteiger partial charge in [-0.25, -0.2) is 0 Å². The molecule has 2 rings (SSSR count). The molecule has 0 aliphatic rings. The van der Waals surface area contributed by atoms with Crippen LogP contribution < -0.4 is 0 Å². The third-order valence-electron chi connectivity index (χ3n) is 2.05. The minimum absolute atomic E-state index is 0.0437. The minimum atomic E-state index is -0.416. The zero-order chi connectivity index (χ0) is 10.3. The average molecular weight is 192 g/mol. The van der Waals surface area contributed by atoms with Crippen LogP contribution in [0.1, 0.15) is 0 Å². The van der Waals surface area contributed by atoms with E-state index in [-0.39, 0.29) is 22.6 Å². The molecule has 14 heavy (non-hydrogen) atoms. The SMILES string of the molecule is Oc1ccc2c(O)cc(O)c(O)c2c1. The quantitative estimate of drug-likeness (QED) is 0.378. The summed E-state index contributed by atoms with van der Waals surface area (Å²) in [5, 5.41) is 37.8. The lowest BCUT2D eigenvalue weighted by molar-refractivity contribution is 0.402. The molecule has 0 saturated heterocycles. The van der Waals surface area contributed by atoms with Gasteiger partial charge < -0.3 is 20.4 Å². The van der Waals surface area contributed by atoms with Gasteiger partial charge in [-0.1, -0.05) is 0 Å². The molecule has 0 bridgehead atoms. The maximum absolute atomic E-state index is 9.43. The Morgan fingerprint density at radius 2 is 1.43 bits per heavy atom. The summed E-state index contributed by atoms with van der Waals surface area (Å²) in [6, 6.07) is 5.16. The van der Waals surface area contributed by atoms with Crippen molar-refractivity contribution in [1.82, 2.24) is 0 Å². The van der Waals surface area contributed by atoms with Crippen molar-refractivity contribution in [2.75, 3.05) is 0 Å². The molecule has 0 spiro atoms. The third-order valence-corrected chi connectivity index (χ3v) is 2.05. The van der Waals surface area contributed by atoms with Crippen molar-refractivity contribution in [3.8, 4) is 23.0 Å². The molecule has 4 N–H and O–H groups in total. The number of rotatable bonds is 0. The van der Waals surface area contributed by atoms with E-state index < -0.39 is 5.75 Å². The highest BCUT2D eigenvalue weighted by atomic mass is 16.3. The lowest BCUT2D eigenvalue weighted by Gasteiger charge is -2.05. The molecule has 0 unspecified atom stereocenters. The van der Waals surface area contributed by atoms with Crippen molar-refractivity contribution in [2.45, 2.75) is 0 Å². The molecule has 0 amide bonds. The minimum Gasteiger partial charge on any atom is -0.508 e. The van der Waals surface area contributed by atoms with E-state index in [1.54, 1.807) is 0 Å². The van der Waals surface area contributed by atoms with E-state index >= 15 is 0 Å². The smallest absolute Gasteiger partial charge is 0.165 e. The second-order valence-electron chi connectivity index (χ2n) is 2.99. The van der Waals surface area contributed by atoms with Gasteiger partial charge >= 0.3 is 0 Å². The topological polar surface area (TPSA) is 80.9 Å². The number of fused-ring (bicyclic) bond motifs is 1. The summed E-state index contributed by atoms with van der Waals surface area (Å²) in [5.41, 5.74) is 0. The van der Waals surface area contributed by atoms with Gasteiger partial charge in [-0.3, -0.25) is 0 Å². The van der Waals surface area contributed by atoms with Crippen LogP contribution in [0.25, 0.3) is 10.8 Å². The van der Waals surface area contributed by atoms with Crippen molar-refractivity contribution in [3.63, 3.8) is 0 Å². The van der Waals surface area contributed by atoms with Crippen molar-refractivity contribution in [2.24, 2.45) is 0 Å². The molecular weight excluding hydrogens is 184 g/mol. The predicted molar refractivity (Wildman–Crippen MR) is 50.6 cm³/mol. The van der Waals surface area contributed by atoms with Gasteiger partial charge in [0.1, 0.15) is 11.5 Å². The summed E-state index contributed by atoms with van der Waals surface area (Å²) in [5.74, 6) is -0.956. The number of benzene rings is 2. The number of hydrogen-bond donors (Lipinski definition) is 4. The average Bonchev–Trinajstić information content (AvgIpc) is 2.14. The molecule has 0 aliphatic heterocycles. The molecule has 4 nitrogen and oxygen atoms in total. The first kappa shape index (κ1) is 8.50. The Balaban J connectivity index is 2.95. The monoisotopic (exact) mass is 192 g/mol. The Labute approximate surface area is 79.3 Å². The van der Waals surface area contributed by atoms with Gasteiger partial charge in [0.15, 0.2) is 11.5 Å². The highest BCUT2D eigenvalue weighted by molar-refractivity contribution is 5.95. The van der Waals surface area contributed by atoms with E-state index in [4.69, 9.17) is 5.11 Å². The second kappa shape index (κ2) is 2.70. The second-order valence-corrected chi connectivity index (χ2v) is 2.99. The molecule has 0 saturated carbocycles. The Hall–Kier alpha value is -2.10. The fourth-order valence-corrected chi connectivity index (χ4v) is 1.37. The van der Waals surface area contributed by atoms with Crippen LogP contribution in [0.2, 0.25) is 0 Å². The first-order valence-electron chi connectivity index (χ1n) is 3.96. The van der Waals surface area contributed by atoms with Gasteiger partial charge in [-0.15, -0.1) is 0 Å². The summed E-state index contributed by atoms with van der Waals surface area (Å²) in [4.78, 5) is 0. The van der Waals surface area contributed by atoms with Gasteiger partial charge in [0.25, 0.3) is 0 Å².